The molecule has 1 atom stereocenters. The van der Waals surface area contributed by atoms with Crippen molar-refractivity contribution in [3.05, 3.63) is 52.9 Å². The van der Waals surface area contributed by atoms with E-state index in [0.717, 1.165) is 27.6 Å². The third-order valence-corrected chi connectivity index (χ3v) is 6.45. The van der Waals surface area contributed by atoms with Crippen molar-refractivity contribution in [3.8, 4) is 11.3 Å². The molecule has 25 heavy (non-hydrogen) atoms. The average molecular weight is 368 g/mol. The second kappa shape index (κ2) is 6.16. The molecule has 1 aromatic heterocycles. The Balaban J connectivity index is 1.65. The van der Waals surface area contributed by atoms with Gasteiger partial charge in [-0.25, -0.2) is 4.98 Å². The van der Waals surface area contributed by atoms with Gasteiger partial charge < -0.3 is 11.1 Å². The highest BCUT2D eigenvalue weighted by Crippen LogP contribution is 2.45. The Morgan fingerprint density at radius 1 is 1.04 bits per heavy atom. The number of nitrogens with zero attached hydrogens (tertiary/aromatic N) is 1. The Morgan fingerprint density at radius 2 is 1.80 bits per heavy atom. The summed E-state index contributed by atoms with van der Waals surface area (Å²) >= 11 is 3.44. The number of anilines is 2. The third-order valence-electron chi connectivity index (χ3n) is 4.37. The Bertz CT molecular complexity index is 925. The van der Waals surface area contributed by atoms with Crippen LogP contribution < -0.4 is 11.1 Å². The van der Waals surface area contributed by atoms with Crippen LogP contribution in [0.2, 0.25) is 0 Å². The zero-order valence-electron chi connectivity index (χ0n) is 14.5. The van der Waals surface area contributed by atoms with Crippen LogP contribution in [0.15, 0.2) is 57.6 Å². The Morgan fingerprint density at radius 3 is 2.60 bits per heavy atom. The van der Waals surface area contributed by atoms with E-state index in [1.165, 1.54) is 9.79 Å². The maximum atomic E-state index is 6.36. The molecule has 0 bridgehead atoms. The number of hydrogen-bond acceptors (Lipinski definition) is 5. The van der Waals surface area contributed by atoms with Crippen LogP contribution in [0, 0.1) is 5.41 Å². The molecule has 1 aliphatic rings. The summed E-state index contributed by atoms with van der Waals surface area (Å²) in [5, 5.41) is 6.63. The molecule has 2 heterocycles. The van der Waals surface area contributed by atoms with Crippen molar-refractivity contribution in [1.82, 2.24) is 4.98 Å². The minimum Gasteiger partial charge on any atom is -0.354 e. The van der Waals surface area contributed by atoms with Gasteiger partial charge in [0, 0.05) is 20.7 Å². The first-order valence-electron chi connectivity index (χ1n) is 8.31. The van der Waals surface area contributed by atoms with E-state index < -0.39 is 0 Å². The van der Waals surface area contributed by atoms with Gasteiger partial charge in [0.1, 0.15) is 5.01 Å². The van der Waals surface area contributed by atoms with E-state index >= 15 is 0 Å². The van der Waals surface area contributed by atoms with Crippen molar-refractivity contribution < 1.29 is 0 Å². The summed E-state index contributed by atoms with van der Waals surface area (Å²) in [6.07, 6.45) is 0. The van der Waals surface area contributed by atoms with Crippen LogP contribution in [-0.4, -0.2) is 4.98 Å². The fraction of sp³-hybridized carbons (Fsp3) is 0.250. The summed E-state index contributed by atoms with van der Waals surface area (Å²) < 4.78 is 0. The van der Waals surface area contributed by atoms with E-state index in [2.05, 4.69) is 73.9 Å². The molecular formula is C20H21N3S2. The molecule has 1 unspecified atom stereocenters. The molecule has 2 aromatic carbocycles. The molecule has 0 fully saturated rings. The van der Waals surface area contributed by atoms with Gasteiger partial charge in [0.15, 0.2) is 0 Å². The molecule has 1 aliphatic heterocycles. The monoisotopic (exact) mass is 367 g/mol. The lowest BCUT2D eigenvalue weighted by Crippen LogP contribution is -2.26. The van der Waals surface area contributed by atoms with Gasteiger partial charge >= 0.3 is 0 Å². The lowest BCUT2D eigenvalue weighted by atomic mass is 9.88. The van der Waals surface area contributed by atoms with E-state index in [-0.39, 0.29) is 11.5 Å². The molecule has 0 saturated carbocycles. The maximum Gasteiger partial charge on any atom is 0.111 e. The largest absolute Gasteiger partial charge is 0.354 e. The number of aromatic nitrogens is 1. The number of fused-ring (bicyclic) bond motifs is 2. The first-order chi connectivity index (χ1) is 11.9. The zero-order valence-corrected chi connectivity index (χ0v) is 16.2. The highest BCUT2D eigenvalue weighted by molar-refractivity contribution is 7.99. The standard InChI is InChI=1S/C20H21N3S2/c1-20(2,3)18(21)19-23-15(11-24-19)12-8-9-17-14(10-12)22-13-6-4-5-7-16(13)25-17/h4-11,18,22H,21H2,1-3H3. The Kier molecular flexibility index (Phi) is 4.10. The van der Waals surface area contributed by atoms with E-state index in [4.69, 9.17) is 10.7 Å². The van der Waals surface area contributed by atoms with Crippen molar-refractivity contribution in [3.63, 3.8) is 0 Å². The van der Waals surface area contributed by atoms with Gasteiger partial charge in [-0.1, -0.05) is 50.7 Å². The summed E-state index contributed by atoms with van der Waals surface area (Å²) in [6.45, 7) is 6.45. The van der Waals surface area contributed by atoms with Crippen LogP contribution in [-0.2, 0) is 0 Å². The first-order valence-corrected chi connectivity index (χ1v) is 10.0. The fourth-order valence-electron chi connectivity index (χ4n) is 2.73. The number of rotatable bonds is 2. The molecule has 128 valence electrons. The minimum absolute atomic E-state index is 0.00683. The average Bonchev–Trinajstić information content (AvgIpc) is 3.07. The Hall–Kier alpha value is -1.82. The van der Waals surface area contributed by atoms with Crippen LogP contribution in [0.1, 0.15) is 31.8 Å². The molecule has 0 aliphatic carbocycles. The van der Waals surface area contributed by atoms with E-state index in [1.54, 1.807) is 23.1 Å². The van der Waals surface area contributed by atoms with Crippen LogP contribution >= 0.6 is 23.1 Å². The highest BCUT2D eigenvalue weighted by Gasteiger charge is 2.25. The number of nitrogens with one attached hydrogen (secondary N) is 1. The summed E-state index contributed by atoms with van der Waals surface area (Å²) in [5.74, 6) is 0. The number of nitrogens with two attached hydrogens (primary N) is 1. The molecule has 0 spiro atoms. The van der Waals surface area contributed by atoms with E-state index in [0.29, 0.717) is 0 Å². The lowest BCUT2D eigenvalue weighted by molar-refractivity contribution is 0.326. The predicted octanol–water partition coefficient (Wildman–Crippen LogP) is 6.06. The number of thiazole rings is 1. The van der Waals surface area contributed by atoms with Gasteiger partial charge in [-0.3, -0.25) is 0 Å². The molecular weight excluding hydrogens is 346 g/mol. The zero-order chi connectivity index (χ0) is 17.6. The fourth-order valence-corrected chi connectivity index (χ4v) is 4.77. The molecule has 0 saturated heterocycles. The van der Waals surface area contributed by atoms with Gasteiger partial charge in [-0.05, 0) is 29.7 Å². The molecule has 3 nitrogen and oxygen atoms in total. The topological polar surface area (TPSA) is 50.9 Å². The van der Waals surface area contributed by atoms with Gasteiger partial charge in [0.2, 0.25) is 0 Å². The smallest absolute Gasteiger partial charge is 0.111 e. The van der Waals surface area contributed by atoms with Crippen LogP contribution in [0.5, 0.6) is 0 Å². The molecule has 0 radical (unpaired) electrons. The summed E-state index contributed by atoms with van der Waals surface area (Å²) in [6, 6.07) is 14.8. The SMILES string of the molecule is CC(C)(C)C(N)c1nc(-c2ccc3c(c2)Nc2ccccc2S3)cs1. The third kappa shape index (κ3) is 3.19. The minimum atomic E-state index is -0.0514. The second-order valence-corrected chi connectivity index (χ2v) is 9.32. The van der Waals surface area contributed by atoms with Crippen LogP contribution in [0.25, 0.3) is 11.3 Å². The van der Waals surface area contributed by atoms with E-state index in [1.807, 2.05) is 0 Å². The summed E-state index contributed by atoms with van der Waals surface area (Å²) in [5.41, 5.74) is 10.8. The van der Waals surface area contributed by atoms with Crippen molar-refractivity contribution in [2.45, 2.75) is 36.6 Å². The van der Waals surface area contributed by atoms with Crippen molar-refractivity contribution >= 4 is 34.5 Å². The van der Waals surface area contributed by atoms with E-state index in [9.17, 15) is 0 Å². The molecule has 0 amide bonds. The van der Waals surface area contributed by atoms with Crippen molar-refractivity contribution in [2.75, 3.05) is 5.32 Å². The summed E-state index contributed by atoms with van der Waals surface area (Å²) in [4.78, 5) is 7.30. The van der Waals surface area contributed by atoms with Crippen LogP contribution in [0.3, 0.4) is 0 Å². The quantitative estimate of drug-likeness (QED) is 0.452. The molecule has 3 N–H and O–H groups in total. The van der Waals surface area contributed by atoms with Crippen LogP contribution in [0.4, 0.5) is 11.4 Å². The second-order valence-electron chi connectivity index (χ2n) is 7.35. The van der Waals surface area contributed by atoms with Crippen molar-refractivity contribution in [1.29, 1.82) is 0 Å². The Labute approximate surface area is 156 Å². The van der Waals surface area contributed by atoms with Crippen molar-refractivity contribution in [2.24, 2.45) is 11.1 Å². The summed E-state index contributed by atoms with van der Waals surface area (Å²) in [7, 11) is 0. The normalized spacial score (nSPS) is 14.4. The van der Waals surface area contributed by atoms with Gasteiger partial charge in [0.05, 0.1) is 23.1 Å². The number of para-hydroxylation sites is 1. The maximum absolute atomic E-state index is 6.36. The van der Waals surface area contributed by atoms with Gasteiger partial charge in [-0.2, -0.15) is 0 Å². The molecule has 4 rings (SSSR count). The highest BCUT2D eigenvalue weighted by atomic mass is 32.2. The number of hydrogen-bond donors (Lipinski definition) is 2. The number of benzene rings is 2. The molecule has 5 heteroatoms. The predicted molar refractivity (Wildman–Crippen MR) is 108 cm³/mol. The lowest BCUT2D eigenvalue weighted by Gasteiger charge is -2.24. The van der Waals surface area contributed by atoms with Gasteiger partial charge in [0.25, 0.3) is 0 Å². The first kappa shape index (κ1) is 16.6. The van der Waals surface area contributed by atoms with Gasteiger partial charge in [-0.15, -0.1) is 11.3 Å². The molecule has 3 aromatic rings.